The average Bonchev–Trinajstić information content (AvgIpc) is 2.72. The van der Waals surface area contributed by atoms with E-state index in [4.69, 9.17) is 19.7 Å². The minimum absolute atomic E-state index is 0.116. The number of carbonyl (C=O) groups is 1. The van der Waals surface area contributed by atoms with E-state index in [2.05, 4.69) is 16.9 Å². The molecule has 0 bridgehead atoms. The van der Waals surface area contributed by atoms with Crippen LogP contribution >= 0.6 is 0 Å². The van der Waals surface area contributed by atoms with Crippen molar-refractivity contribution in [2.24, 2.45) is 4.99 Å². The molecule has 0 fully saturated rings. The Labute approximate surface area is 164 Å². The number of aliphatic hydroxyl groups excluding tert-OH is 1. The van der Waals surface area contributed by atoms with Gasteiger partial charge in [-0.15, -0.1) is 0 Å². The van der Waals surface area contributed by atoms with Gasteiger partial charge < -0.3 is 19.7 Å². The molecule has 1 heterocycles. The van der Waals surface area contributed by atoms with E-state index in [0.29, 0.717) is 22.7 Å². The number of nitrogens with zero attached hydrogens (tertiary/aromatic N) is 2. The van der Waals surface area contributed by atoms with Gasteiger partial charge in [0.25, 0.3) is 0 Å². The van der Waals surface area contributed by atoms with E-state index in [9.17, 15) is 4.79 Å². The van der Waals surface area contributed by atoms with E-state index in [0.717, 1.165) is 12.0 Å². The molecule has 1 aromatic carbocycles. The summed E-state index contributed by atoms with van der Waals surface area (Å²) in [6.07, 6.45) is 4.12. The molecule has 1 aromatic heterocycles. The normalized spacial score (nSPS) is 12.0. The number of pyridine rings is 1. The zero-order valence-corrected chi connectivity index (χ0v) is 16.0. The summed E-state index contributed by atoms with van der Waals surface area (Å²) < 4.78 is 10.8. The molecule has 0 unspecified atom stereocenters. The number of hydrogen-bond acceptors (Lipinski definition) is 6. The first-order valence-corrected chi connectivity index (χ1v) is 8.97. The largest absolute Gasteiger partial charge is 0.487 e. The van der Waals surface area contributed by atoms with E-state index in [1.165, 1.54) is 6.08 Å². The Bertz CT molecular complexity index is 827. The van der Waals surface area contributed by atoms with Crippen LogP contribution in [-0.4, -0.2) is 46.8 Å². The summed E-state index contributed by atoms with van der Waals surface area (Å²) in [6, 6.07) is 10.7. The molecule has 0 saturated heterocycles. The van der Waals surface area contributed by atoms with Crippen LogP contribution < -0.4 is 4.74 Å². The van der Waals surface area contributed by atoms with Crippen LogP contribution in [0.3, 0.4) is 0 Å². The maximum atomic E-state index is 11.1. The van der Waals surface area contributed by atoms with Crippen molar-refractivity contribution in [3.8, 4) is 5.75 Å². The first-order valence-electron chi connectivity index (χ1n) is 8.97. The Morgan fingerprint density at radius 1 is 1.18 bits per heavy atom. The molecule has 0 amide bonds. The summed E-state index contributed by atoms with van der Waals surface area (Å²) in [4.78, 5) is 19.5. The lowest BCUT2D eigenvalue weighted by Gasteiger charge is -2.10. The minimum Gasteiger partial charge on any atom is -0.487 e. The van der Waals surface area contributed by atoms with Crippen molar-refractivity contribution >= 4 is 17.8 Å². The Morgan fingerprint density at radius 2 is 1.93 bits per heavy atom. The van der Waals surface area contributed by atoms with Gasteiger partial charge in [0, 0.05) is 6.20 Å². The van der Waals surface area contributed by atoms with Crippen LogP contribution in [0.5, 0.6) is 5.75 Å². The topological polar surface area (TPSA) is 101 Å². The molecule has 2 aromatic rings. The number of aliphatic carboxylic acids is 1. The quantitative estimate of drug-likeness (QED) is 0.371. The third kappa shape index (κ3) is 6.21. The molecule has 0 spiro atoms. The van der Waals surface area contributed by atoms with Crippen molar-refractivity contribution in [3.63, 3.8) is 0 Å². The molecule has 7 nitrogen and oxygen atoms in total. The number of hydrogen-bond donors (Lipinski definition) is 2. The molecule has 7 heteroatoms. The number of aliphatic hydroxyl groups is 1. The summed E-state index contributed by atoms with van der Waals surface area (Å²) >= 11 is 0. The van der Waals surface area contributed by atoms with Crippen LogP contribution in [0.4, 0.5) is 0 Å². The number of rotatable bonds is 10. The average molecular weight is 384 g/mol. The van der Waals surface area contributed by atoms with Gasteiger partial charge in [-0.25, -0.2) is 4.79 Å². The van der Waals surface area contributed by atoms with E-state index < -0.39 is 5.97 Å². The number of aryl methyl sites for hydroxylation is 1. The Hall–Kier alpha value is -3.19. The predicted molar refractivity (Wildman–Crippen MR) is 106 cm³/mol. The Balaban J connectivity index is 2.06. The molecule has 0 atom stereocenters. The van der Waals surface area contributed by atoms with Gasteiger partial charge in [0.15, 0.2) is 0 Å². The monoisotopic (exact) mass is 384 g/mol. The van der Waals surface area contributed by atoms with Crippen LogP contribution in [0.1, 0.15) is 30.7 Å². The fourth-order valence-corrected chi connectivity index (χ4v) is 2.37. The Morgan fingerprint density at radius 3 is 2.46 bits per heavy atom. The maximum absolute atomic E-state index is 11.1. The molecular formula is C21H24N2O5. The molecule has 148 valence electrons. The molecule has 0 aliphatic rings. The lowest BCUT2D eigenvalue weighted by Crippen LogP contribution is -2.15. The van der Waals surface area contributed by atoms with Crippen LogP contribution in [0.15, 0.2) is 53.3 Å². The number of benzene rings is 1. The fourth-order valence-electron chi connectivity index (χ4n) is 2.37. The van der Waals surface area contributed by atoms with Gasteiger partial charge >= 0.3 is 5.97 Å². The highest BCUT2D eigenvalue weighted by Gasteiger charge is 2.09. The van der Waals surface area contributed by atoms with E-state index >= 15 is 0 Å². The minimum atomic E-state index is -1.12. The van der Waals surface area contributed by atoms with E-state index in [1.54, 1.807) is 37.4 Å². The molecule has 28 heavy (non-hydrogen) atoms. The summed E-state index contributed by atoms with van der Waals surface area (Å²) in [5.41, 5.74) is 2.98. The number of ether oxygens (including phenoxy) is 2. The number of aliphatic imine (C=N–C) groups is 1. The molecule has 0 saturated carbocycles. The lowest BCUT2D eigenvalue weighted by molar-refractivity contribution is -0.136. The van der Waals surface area contributed by atoms with Crippen molar-refractivity contribution in [1.29, 1.82) is 0 Å². The second kappa shape index (κ2) is 10.8. The lowest BCUT2D eigenvalue weighted by atomic mass is 10.2. The predicted octanol–water partition coefficient (Wildman–Crippen LogP) is 2.92. The molecule has 0 aliphatic carbocycles. The van der Waals surface area contributed by atoms with Crippen molar-refractivity contribution in [3.05, 3.63) is 65.2 Å². The summed E-state index contributed by atoms with van der Waals surface area (Å²) in [6.45, 7) is 3.85. The van der Waals surface area contributed by atoms with E-state index in [-0.39, 0.29) is 25.7 Å². The maximum Gasteiger partial charge on any atom is 0.371 e. The van der Waals surface area contributed by atoms with Gasteiger partial charge in [-0.05, 0) is 48.7 Å². The SMILES string of the molecule is CCO/C(=C\c1ccc(OC/C(=N/CO)c2ccc(CC)cn2)cc1)C(=O)O. The second-order valence-corrected chi connectivity index (χ2v) is 5.76. The molecular weight excluding hydrogens is 360 g/mol. The van der Waals surface area contributed by atoms with Crippen LogP contribution in [-0.2, 0) is 16.0 Å². The zero-order chi connectivity index (χ0) is 20.4. The summed E-state index contributed by atoms with van der Waals surface area (Å²) in [7, 11) is 0. The number of aromatic nitrogens is 1. The van der Waals surface area contributed by atoms with Crippen molar-refractivity contribution in [2.75, 3.05) is 19.9 Å². The summed E-state index contributed by atoms with van der Waals surface area (Å²) in [5, 5.41) is 18.3. The van der Waals surface area contributed by atoms with E-state index in [1.807, 2.05) is 12.1 Å². The highest BCUT2D eigenvalue weighted by Crippen LogP contribution is 2.16. The van der Waals surface area contributed by atoms with Crippen LogP contribution in [0, 0.1) is 0 Å². The van der Waals surface area contributed by atoms with Gasteiger partial charge in [-0.3, -0.25) is 9.98 Å². The molecule has 0 radical (unpaired) electrons. The zero-order valence-electron chi connectivity index (χ0n) is 16.0. The third-order valence-electron chi connectivity index (χ3n) is 3.85. The second-order valence-electron chi connectivity index (χ2n) is 5.76. The fraction of sp³-hybridized carbons (Fsp3) is 0.286. The highest BCUT2D eigenvalue weighted by molar-refractivity contribution is 6.00. The highest BCUT2D eigenvalue weighted by atomic mass is 16.5. The van der Waals surface area contributed by atoms with Gasteiger partial charge in [0.1, 0.15) is 24.8 Å². The standard InChI is InChI=1S/C21H24N2O5/c1-3-15-7-10-18(22-12-15)19(23-14-24)13-28-17-8-5-16(6-9-17)11-20(21(25)26)27-4-2/h5-12,24H,3-4,13-14H2,1-2H3,(H,25,26)/b20-11-,23-19-. The number of carboxylic acids is 1. The summed E-state index contributed by atoms with van der Waals surface area (Å²) in [5.74, 6) is -0.648. The smallest absolute Gasteiger partial charge is 0.371 e. The first-order chi connectivity index (χ1) is 13.6. The van der Waals surface area contributed by atoms with Gasteiger partial charge in [-0.1, -0.05) is 25.1 Å². The van der Waals surface area contributed by atoms with Gasteiger partial charge in [0.2, 0.25) is 5.76 Å². The molecule has 0 aliphatic heterocycles. The number of carboxylic acid groups (broad SMARTS) is 1. The van der Waals surface area contributed by atoms with Crippen LogP contribution in [0.25, 0.3) is 6.08 Å². The van der Waals surface area contributed by atoms with Gasteiger partial charge in [-0.2, -0.15) is 0 Å². The van der Waals surface area contributed by atoms with Crippen molar-refractivity contribution in [1.82, 2.24) is 4.98 Å². The Kier molecular flexibility index (Phi) is 8.17. The van der Waals surface area contributed by atoms with Crippen molar-refractivity contribution < 1.29 is 24.5 Å². The third-order valence-corrected chi connectivity index (χ3v) is 3.85. The molecule has 2 rings (SSSR count). The van der Waals surface area contributed by atoms with Crippen molar-refractivity contribution in [2.45, 2.75) is 20.3 Å². The first kappa shape index (κ1) is 21.1. The van der Waals surface area contributed by atoms with Gasteiger partial charge in [0.05, 0.1) is 12.3 Å². The van der Waals surface area contributed by atoms with Crippen LogP contribution in [0.2, 0.25) is 0 Å². The molecule has 2 N–H and O–H groups in total.